The number of halogens is 2. The molecule has 0 atom stereocenters. The minimum Gasteiger partial charge on any atom is -0.367 e. The number of nitrogens with zero attached hydrogens (tertiary/aromatic N) is 1. The largest absolute Gasteiger partial charge is 0.367 e. The smallest absolute Gasteiger partial charge is 0.144 e. The second-order valence-electron chi connectivity index (χ2n) is 3.91. The van der Waals surface area contributed by atoms with Gasteiger partial charge < -0.3 is 11.1 Å². The summed E-state index contributed by atoms with van der Waals surface area (Å²) >= 11 is 9.36. The first-order valence-electron chi connectivity index (χ1n) is 5.34. The van der Waals surface area contributed by atoms with E-state index in [1.54, 1.807) is 6.20 Å². The second kappa shape index (κ2) is 5.84. The third-order valence-corrected chi connectivity index (χ3v) is 3.55. The molecule has 16 heavy (non-hydrogen) atoms. The van der Waals surface area contributed by atoms with Crippen LogP contribution in [0.4, 0.5) is 5.82 Å². The molecule has 0 fully saturated rings. The van der Waals surface area contributed by atoms with Crippen molar-refractivity contribution in [3.05, 3.63) is 21.8 Å². The van der Waals surface area contributed by atoms with Crippen LogP contribution in [-0.2, 0) is 0 Å². The second-order valence-corrected chi connectivity index (χ2v) is 5.23. The Morgan fingerprint density at radius 3 is 2.62 bits per heavy atom. The molecule has 0 saturated carbocycles. The molecule has 1 aromatic heterocycles. The highest BCUT2D eigenvalue weighted by molar-refractivity contribution is 9.10. The third kappa shape index (κ3) is 3.61. The van der Waals surface area contributed by atoms with Gasteiger partial charge in [0.05, 0.1) is 5.02 Å². The Balaban J connectivity index is 2.67. The zero-order valence-corrected chi connectivity index (χ0v) is 11.9. The fraction of sp³-hybridized carbons (Fsp3) is 0.545. The summed E-state index contributed by atoms with van der Waals surface area (Å²) in [4.78, 5) is 4.20. The van der Waals surface area contributed by atoms with Crippen LogP contribution in [0.5, 0.6) is 0 Å². The van der Waals surface area contributed by atoms with Gasteiger partial charge in [0.1, 0.15) is 5.82 Å². The molecular weight excluding hydrogens is 289 g/mol. The number of rotatable bonds is 5. The maximum absolute atomic E-state index is 6.18. The summed E-state index contributed by atoms with van der Waals surface area (Å²) in [5.41, 5.74) is 5.99. The van der Waals surface area contributed by atoms with Crippen LogP contribution < -0.4 is 11.1 Å². The zero-order chi connectivity index (χ0) is 12.2. The van der Waals surface area contributed by atoms with Crippen molar-refractivity contribution >= 4 is 33.3 Å². The van der Waals surface area contributed by atoms with Crippen molar-refractivity contribution < 1.29 is 0 Å². The topological polar surface area (TPSA) is 50.9 Å². The molecule has 0 aliphatic carbocycles. The maximum Gasteiger partial charge on any atom is 0.144 e. The molecule has 1 rings (SSSR count). The first kappa shape index (κ1) is 13.7. The van der Waals surface area contributed by atoms with Crippen molar-refractivity contribution in [2.45, 2.75) is 32.2 Å². The molecule has 1 heterocycles. The molecule has 0 saturated heterocycles. The Bertz CT molecular complexity index is 353. The molecule has 90 valence electrons. The van der Waals surface area contributed by atoms with E-state index in [0.717, 1.165) is 17.3 Å². The van der Waals surface area contributed by atoms with Gasteiger partial charge in [-0.05, 0) is 34.8 Å². The molecule has 5 heteroatoms. The molecule has 0 aromatic carbocycles. The standard InChI is InChI=1S/C11H17BrClN3/c1-3-11(14,4-2)7-16-10-9(13)5-8(12)6-15-10/h5-6H,3-4,7,14H2,1-2H3,(H,15,16). The van der Waals surface area contributed by atoms with E-state index in [0.29, 0.717) is 17.4 Å². The third-order valence-electron chi connectivity index (χ3n) is 2.82. The number of hydrogen-bond donors (Lipinski definition) is 2. The van der Waals surface area contributed by atoms with E-state index in [9.17, 15) is 0 Å². The quantitative estimate of drug-likeness (QED) is 0.876. The van der Waals surface area contributed by atoms with Gasteiger partial charge in [0.2, 0.25) is 0 Å². The number of nitrogens with one attached hydrogen (secondary N) is 1. The number of aromatic nitrogens is 1. The summed E-state index contributed by atoms with van der Waals surface area (Å²) in [6.07, 6.45) is 3.56. The lowest BCUT2D eigenvalue weighted by Crippen LogP contribution is -2.45. The molecular formula is C11H17BrClN3. The monoisotopic (exact) mass is 305 g/mol. The lowest BCUT2D eigenvalue weighted by molar-refractivity contribution is 0.418. The van der Waals surface area contributed by atoms with Gasteiger partial charge in [-0.2, -0.15) is 0 Å². The van der Waals surface area contributed by atoms with Gasteiger partial charge in [0, 0.05) is 22.8 Å². The summed E-state index contributed by atoms with van der Waals surface area (Å²) in [5, 5.41) is 3.79. The van der Waals surface area contributed by atoms with Crippen LogP contribution in [0, 0.1) is 0 Å². The van der Waals surface area contributed by atoms with Crippen molar-refractivity contribution in [1.29, 1.82) is 0 Å². The van der Waals surface area contributed by atoms with E-state index in [2.05, 4.69) is 40.1 Å². The van der Waals surface area contributed by atoms with E-state index in [1.165, 1.54) is 0 Å². The Kier molecular flexibility index (Phi) is 5.02. The van der Waals surface area contributed by atoms with Gasteiger partial charge in [-0.3, -0.25) is 0 Å². The van der Waals surface area contributed by atoms with Crippen LogP contribution in [0.25, 0.3) is 0 Å². The van der Waals surface area contributed by atoms with Crippen LogP contribution in [0.2, 0.25) is 5.02 Å². The maximum atomic E-state index is 6.18. The van der Waals surface area contributed by atoms with E-state index in [-0.39, 0.29) is 5.54 Å². The Morgan fingerprint density at radius 1 is 1.50 bits per heavy atom. The average molecular weight is 307 g/mol. The minimum atomic E-state index is -0.196. The van der Waals surface area contributed by atoms with Crippen molar-refractivity contribution in [3.63, 3.8) is 0 Å². The number of hydrogen-bond acceptors (Lipinski definition) is 3. The lowest BCUT2D eigenvalue weighted by Gasteiger charge is -2.27. The zero-order valence-electron chi connectivity index (χ0n) is 9.56. The van der Waals surface area contributed by atoms with Crippen molar-refractivity contribution in [2.24, 2.45) is 5.73 Å². The normalized spacial score (nSPS) is 11.6. The molecule has 3 N–H and O–H groups in total. The van der Waals surface area contributed by atoms with Gasteiger partial charge in [-0.25, -0.2) is 4.98 Å². The first-order valence-corrected chi connectivity index (χ1v) is 6.51. The fourth-order valence-corrected chi connectivity index (χ4v) is 2.00. The number of anilines is 1. The highest BCUT2D eigenvalue weighted by Crippen LogP contribution is 2.23. The molecule has 0 amide bonds. The molecule has 3 nitrogen and oxygen atoms in total. The van der Waals surface area contributed by atoms with E-state index >= 15 is 0 Å². The van der Waals surface area contributed by atoms with Gasteiger partial charge in [0.25, 0.3) is 0 Å². The molecule has 0 unspecified atom stereocenters. The summed E-state index contributed by atoms with van der Waals surface area (Å²) < 4.78 is 0.869. The molecule has 0 aliphatic heterocycles. The molecule has 1 aromatic rings. The summed E-state index contributed by atoms with van der Waals surface area (Å²) in [7, 11) is 0. The Hall–Kier alpha value is -0.320. The van der Waals surface area contributed by atoms with E-state index < -0.39 is 0 Å². The summed E-state index contributed by atoms with van der Waals surface area (Å²) in [6, 6.07) is 1.81. The first-order chi connectivity index (χ1) is 7.50. The van der Waals surface area contributed by atoms with E-state index in [4.69, 9.17) is 17.3 Å². The van der Waals surface area contributed by atoms with Crippen LogP contribution in [0.15, 0.2) is 16.7 Å². The minimum absolute atomic E-state index is 0.196. The predicted molar refractivity (Wildman–Crippen MR) is 72.9 cm³/mol. The summed E-state index contributed by atoms with van der Waals surface area (Å²) in [5.74, 6) is 0.682. The van der Waals surface area contributed by atoms with Crippen LogP contribution in [-0.4, -0.2) is 17.1 Å². The van der Waals surface area contributed by atoms with Crippen molar-refractivity contribution in [3.8, 4) is 0 Å². The highest BCUT2D eigenvalue weighted by atomic mass is 79.9. The molecule has 0 radical (unpaired) electrons. The van der Waals surface area contributed by atoms with E-state index in [1.807, 2.05) is 6.07 Å². The van der Waals surface area contributed by atoms with Gasteiger partial charge in [-0.1, -0.05) is 25.4 Å². The van der Waals surface area contributed by atoms with Gasteiger partial charge >= 0.3 is 0 Å². The highest BCUT2D eigenvalue weighted by Gasteiger charge is 2.20. The Labute approximate surface area is 110 Å². The summed E-state index contributed by atoms with van der Waals surface area (Å²) in [6.45, 7) is 4.85. The SMILES string of the molecule is CCC(N)(CC)CNc1ncc(Br)cc1Cl. The fourth-order valence-electron chi connectivity index (χ4n) is 1.30. The Morgan fingerprint density at radius 2 is 2.12 bits per heavy atom. The lowest BCUT2D eigenvalue weighted by atomic mass is 9.94. The average Bonchev–Trinajstić information content (AvgIpc) is 2.27. The van der Waals surface area contributed by atoms with Crippen LogP contribution in [0.3, 0.4) is 0 Å². The van der Waals surface area contributed by atoms with Gasteiger partial charge in [0.15, 0.2) is 0 Å². The molecule has 0 spiro atoms. The van der Waals surface area contributed by atoms with Crippen LogP contribution >= 0.6 is 27.5 Å². The predicted octanol–water partition coefficient (Wildman–Crippen LogP) is 3.43. The van der Waals surface area contributed by atoms with Gasteiger partial charge in [-0.15, -0.1) is 0 Å². The molecule has 0 bridgehead atoms. The molecule has 0 aliphatic rings. The van der Waals surface area contributed by atoms with Crippen molar-refractivity contribution in [1.82, 2.24) is 4.98 Å². The number of pyridine rings is 1. The number of nitrogens with two attached hydrogens (primary N) is 1. The van der Waals surface area contributed by atoms with Crippen LogP contribution in [0.1, 0.15) is 26.7 Å². The van der Waals surface area contributed by atoms with Crippen molar-refractivity contribution in [2.75, 3.05) is 11.9 Å².